The number of rotatable bonds is 5. The Hall–Kier alpha value is -1.70. The van der Waals surface area contributed by atoms with E-state index in [4.69, 9.17) is 10.3 Å². The van der Waals surface area contributed by atoms with Crippen molar-refractivity contribution in [1.82, 2.24) is 20.0 Å². The van der Waals surface area contributed by atoms with Crippen LogP contribution in [0.15, 0.2) is 28.9 Å². The number of aromatic nitrogens is 3. The molecule has 2 aromatic rings. The minimum absolute atomic E-state index is 0. The number of carbonyl (C=O) groups is 1. The fraction of sp³-hybridized carbons (Fsp3) is 0.529. The Balaban J connectivity index is 0.00000169. The van der Waals surface area contributed by atoms with E-state index >= 15 is 0 Å². The largest absolute Gasteiger partial charge is 0.339 e. The van der Waals surface area contributed by atoms with E-state index in [1.54, 1.807) is 6.20 Å². The van der Waals surface area contributed by atoms with Gasteiger partial charge < -0.3 is 15.2 Å². The maximum Gasteiger partial charge on any atom is 0.227 e. The van der Waals surface area contributed by atoms with Gasteiger partial charge in [0.1, 0.15) is 5.69 Å². The summed E-state index contributed by atoms with van der Waals surface area (Å²) in [6, 6.07) is 5.65. The number of carbonyl (C=O) groups excluding carboxylic acids is 1. The summed E-state index contributed by atoms with van der Waals surface area (Å²) >= 11 is 0. The summed E-state index contributed by atoms with van der Waals surface area (Å²) in [5, 5.41) is 3.93. The summed E-state index contributed by atoms with van der Waals surface area (Å²) in [6.07, 6.45) is 5.62. The van der Waals surface area contributed by atoms with Gasteiger partial charge in [-0.25, -0.2) is 0 Å². The van der Waals surface area contributed by atoms with Crippen molar-refractivity contribution < 1.29 is 9.32 Å². The molecular formula is C17H25Cl2N5O2. The normalized spacial score (nSPS) is 17.8. The molecule has 1 amide bonds. The van der Waals surface area contributed by atoms with Crippen LogP contribution in [-0.2, 0) is 11.2 Å². The standard InChI is InChI=1S/C17H23N5O2.2ClH/c1-12(18)14-7-3-5-11-22(14)16(23)9-8-15-20-17(21-24-15)13-6-2-4-10-19-13;;/h2,4,6,10,12,14H,3,5,7-9,11,18H2,1H3;2*1H. The number of halogens is 2. The smallest absolute Gasteiger partial charge is 0.227 e. The third kappa shape index (κ3) is 5.40. The second-order valence-corrected chi connectivity index (χ2v) is 6.24. The Kier molecular flexibility index (Phi) is 8.98. The molecule has 1 fully saturated rings. The van der Waals surface area contributed by atoms with Crippen LogP contribution >= 0.6 is 24.8 Å². The van der Waals surface area contributed by atoms with Gasteiger partial charge >= 0.3 is 0 Å². The van der Waals surface area contributed by atoms with E-state index in [2.05, 4.69) is 15.1 Å². The molecule has 0 bridgehead atoms. The zero-order chi connectivity index (χ0) is 16.9. The van der Waals surface area contributed by atoms with Crippen molar-refractivity contribution in [3.8, 4) is 11.5 Å². The molecule has 2 aromatic heterocycles. The molecule has 9 heteroatoms. The summed E-state index contributed by atoms with van der Waals surface area (Å²) < 4.78 is 5.23. The van der Waals surface area contributed by atoms with Crippen molar-refractivity contribution >= 4 is 30.7 Å². The van der Waals surface area contributed by atoms with Crippen LogP contribution < -0.4 is 5.73 Å². The lowest BCUT2D eigenvalue weighted by molar-refractivity contribution is -0.135. The molecule has 0 spiro atoms. The quantitative estimate of drug-likeness (QED) is 0.826. The highest BCUT2D eigenvalue weighted by atomic mass is 35.5. The van der Waals surface area contributed by atoms with Crippen molar-refractivity contribution in [3.05, 3.63) is 30.3 Å². The molecule has 2 atom stereocenters. The van der Waals surface area contributed by atoms with Gasteiger partial charge in [0.05, 0.1) is 0 Å². The van der Waals surface area contributed by atoms with Crippen LogP contribution in [0.25, 0.3) is 11.5 Å². The predicted molar refractivity (Wildman–Crippen MR) is 103 cm³/mol. The van der Waals surface area contributed by atoms with Gasteiger partial charge in [0.25, 0.3) is 0 Å². The molecule has 0 aliphatic carbocycles. The lowest BCUT2D eigenvalue weighted by atomic mass is 9.96. The van der Waals surface area contributed by atoms with Gasteiger partial charge in [-0.3, -0.25) is 9.78 Å². The molecule has 26 heavy (non-hydrogen) atoms. The van der Waals surface area contributed by atoms with Crippen LogP contribution in [0.1, 0.15) is 38.5 Å². The average Bonchev–Trinajstić information content (AvgIpc) is 3.09. The molecular weight excluding hydrogens is 377 g/mol. The summed E-state index contributed by atoms with van der Waals surface area (Å²) in [5.74, 6) is 1.01. The van der Waals surface area contributed by atoms with E-state index < -0.39 is 0 Å². The van der Waals surface area contributed by atoms with Crippen molar-refractivity contribution in [2.24, 2.45) is 5.73 Å². The first-order valence-corrected chi connectivity index (χ1v) is 8.44. The van der Waals surface area contributed by atoms with Gasteiger partial charge in [-0.05, 0) is 38.3 Å². The fourth-order valence-electron chi connectivity index (χ4n) is 3.13. The topological polar surface area (TPSA) is 98.1 Å². The number of nitrogens with two attached hydrogens (primary N) is 1. The van der Waals surface area contributed by atoms with Crippen molar-refractivity contribution in [1.29, 1.82) is 0 Å². The number of pyridine rings is 1. The highest BCUT2D eigenvalue weighted by Crippen LogP contribution is 2.20. The first-order valence-electron chi connectivity index (χ1n) is 8.44. The van der Waals surface area contributed by atoms with E-state index in [0.717, 1.165) is 25.8 Å². The van der Waals surface area contributed by atoms with Crippen LogP contribution in [0.4, 0.5) is 0 Å². The van der Waals surface area contributed by atoms with E-state index in [0.29, 0.717) is 30.3 Å². The Morgan fingerprint density at radius 1 is 1.38 bits per heavy atom. The number of likely N-dealkylation sites (tertiary alicyclic amines) is 1. The fourth-order valence-corrected chi connectivity index (χ4v) is 3.13. The van der Waals surface area contributed by atoms with Crippen molar-refractivity contribution in [3.63, 3.8) is 0 Å². The van der Waals surface area contributed by atoms with E-state index in [1.807, 2.05) is 30.0 Å². The predicted octanol–water partition coefficient (Wildman–Crippen LogP) is 2.64. The lowest BCUT2D eigenvalue weighted by Crippen LogP contribution is -2.51. The molecule has 2 unspecified atom stereocenters. The lowest BCUT2D eigenvalue weighted by Gasteiger charge is -2.38. The van der Waals surface area contributed by atoms with E-state index in [1.165, 1.54) is 0 Å². The molecule has 0 aromatic carbocycles. The highest BCUT2D eigenvalue weighted by Gasteiger charge is 2.29. The van der Waals surface area contributed by atoms with Crippen LogP contribution in [0, 0.1) is 0 Å². The summed E-state index contributed by atoms with van der Waals surface area (Å²) in [7, 11) is 0. The molecule has 1 aliphatic rings. The monoisotopic (exact) mass is 401 g/mol. The molecule has 2 N–H and O–H groups in total. The first-order chi connectivity index (χ1) is 11.6. The minimum atomic E-state index is -0.00610. The molecule has 0 radical (unpaired) electrons. The maximum absolute atomic E-state index is 12.5. The average molecular weight is 402 g/mol. The second-order valence-electron chi connectivity index (χ2n) is 6.24. The van der Waals surface area contributed by atoms with Crippen LogP contribution in [0.2, 0.25) is 0 Å². The molecule has 0 saturated carbocycles. The number of hydrogen-bond donors (Lipinski definition) is 1. The number of piperidine rings is 1. The van der Waals surface area contributed by atoms with Crippen molar-refractivity contribution in [2.75, 3.05) is 6.54 Å². The molecule has 1 saturated heterocycles. The van der Waals surface area contributed by atoms with E-state index in [-0.39, 0.29) is 42.8 Å². The number of hydrogen-bond acceptors (Lipinski definition) is 6. The van der Waals surface area contributed by atoms with Gasteiger partial charge in [-0.2, -0.15) is 4.98 Å². The zero-order valence-electron chi connectivity index (χ0n) is 14.7. The van der Waals surface area contributed by atoms with Gasteiger partial charge in [0.15, 0.2) is 0 Å². The maximum atomic E-state index is 12.5. The van der Waals surface area contributed by atoms with Crippen molar-refractivity contribution in [2.45, 2.75) is 51.1 Å². The summed E-state index contributed by atoms with van der Waals surface area (Å²) in [6.45, 7) is 2.75. The Morgan fingerprint density at radius 2 is 2.19 bits per heavy atom. The molecule has 1 aliphatic heterocycles. The first kappa shape index (κ1) is 22.3. The minimum Gasteiger partial charge on any atom is -0.339 e. The molecule has 3 rings (SSSR count). The molecule has 144 valence electrons. The van der Waals surface area contributed by atoms with Crippen LogP contribution in [-0.4, -0.2) is 44.6 Å². The van der Waals surface area contributed by atoms with Gasteiger partial charge in [0, 0.05) is 37.7 Å². The summed E-state index contributed by atoms with van der Waals surface area (Å²) in [4.78, 5) is 23.0. The number of nitrogens with zero attached hydrogens (tertiary/aromatic N) is 4. The van der Waals surface area contributed by atoms with Crippen LogP contribution in [0.5, 0.6) is 0 Å². The summed E-state index contributed by atoms with van der Waals surface area (Å²) in [5.41, 5.74) is 6.69. The number of aryl methyl sites for hydroxylation is 1. The SMILES string of the molecule is CC(N)C1CCCCN1C(=O)CCc1nc(-c2ccccn2)no1.Cl.Cl. The Bertz CT molecular complexity index is 681. The van der Waals surface area contributed by atoms with Crippen LogP contribution in [0.3, 0.4) is 0 Å². The Morgan fingerprint density at radius 3 is 2.88 bits per heavy atom. The molecule has 7 nitrogen and oxygen atoms in total. The number of amides is 1. The third-order valence-electron chi connectivity index (χ3n) is 4.39. The van der Waals surface area contributed by atoms with E-state index in [9.17, 15) is 4.79 Å². The third-order valence-corrected chi connectivity index (χ3v) is 4.39. The zero-order valence-corrected chi connectivity index (χ0v) is 16.3. The van der Waals surface area contributed by atoms with Gasteiger partial charge in [0.2, 0.25) is 17.6 Å². The Labute approximate surface area is 165 Å². The second kappa shape index (κ2) is 10.4. The van der Waals surface area contributed by atoms with Gasteiger partial charge in [-0.1, -0.05) is 11.2 Å². The van der Waals surface area contributed by atoms with Gasteiger partial charge in [-0.15, -0.1) is 24.8 Å². The molecule has 3 heterocycles. The highest BCUT2D eigenvalue weighted by molar-refractivity contribution is 5.85.